The Hall–Kier alpha value is -2.15. The standard InChI is InChI=1S/C22H21Cl2N3O2S/c1-11(2)18-20(21(28)29-3)30-22-26-17(13-6-9-15(24)16(25)10-13)19(27(18)22)12-4-7-14(23)8-5-12/h4-11,17,19H,25H2,1-3H3/t17-,19+/m0/s1. The molecule has 0 saturated heterocycles. The van der Waals surface area contributed by atoms with E-state index in [9.17, 15) is 4.79 Å². The van der Waals surface area contributed by atoms with Crippen molar-refractivity contribution in [1.29, 1.82) is 0 Å². The van der Waals surface area contributed by atoms with Crippen LogP contribution in [0.5, 0.6) is 0 Å². The summed E-state index contributed by atoms with van der Waals surface area (Å²) < 4.78 is 5.03. The van der Waals surface area contributed by atoms with E-state index in [4.69, 9.17) is 38.7 Å². The lowest BCUT2D eigenvalue weighted by atomic mass is 9.92. The zero-order chi connectivity index (χ0) is 21.6. The van der Waals surface area contributed by atoms with Crippen molar-refractivity contribution >= 4 is 51.8 Å². The third kappa shape index (κ3) is 3.57. The Balaban J connectivity index is 1.86. The molecule has 0 aromatic heterocycles. The fourth-order valence-corrected chi connectivity index (χ4v) is 5.37. The number of ether oxygens (including phenoxy) is 1. The minimum Gasteiger partial charge on any atom is -0.465 e. The number of nitrogens with two attached hydrogens (primary N) is 1. The molecule has 5 nitrogen and oxygen atoms in total. The number of carbonyl (C=O) groups is 1. The number of allylic oxidation sites excluding steroid dienone is 1. The van der Waals surface area contributed by atoms with E-state index in [0.717, 1.165) is 22.0 Å². The van der Waals surface area contributed by atoms with E-state index in [1.807, 2.05) is 36.4 Å². The molecule has 2 aliphatic heterocycles. The van der Waals surface area contributed by atoms with Crippen LogP contribution in [-0.4, -0.2) is 23.1 Å². The van der Waals surface area contributed by atoms with Gasteiger partial charge >= 0.3 is 5.97 Å². The first kappa shape index (κ1) is 21.1. The van der Waals surface area contributed by atoms with Gasteiger partial charge in [0.25, 0.3) is 0 Å². The molecule has 2 aromatic rings. The summed E-state index contributed by atoms with van der Waals surface area (Å²) in [5.74, 6) is -0.244. The van der Waals surface area contributed by atoms with E-state index < -0.39 is 0 Å². The fraction of sp³-hybridized carbons (Fsp3) is 0.273. The topological polar surface area (TPSA) is 67.9 Å². The molecule has 0 aliphatic carbocycles. The maximum Gasteiger partial charge on any atom is 0.346 e. The second-order valence-electron chi connectivity index (χ2n) is 7.47. The monoisotopic (exact) mass is 461 g/mol. The molecule has 0 unspecified atom stereocenters. The lowest BCUT2D eigenvalue weighted by Crippen LogP contribution is -2.29. The Morgan fingerprint density at radius 2 is 1.83 bits per heavy atom. The predicted molar refractivity (Wildman–Crippen MR) is 124 cm³/mol. The van der Waals surface area contributed by atoms with Gasteiger partial charge in [-0.05, 0) is 53.1 Å². The van der Waals surface area contributed by atoms with Crippen molar-refractivity contribution in [2.24, 2.45) is 10.9 Å². The summed E-state index contributed by atoms with van der Waals surface area (Å²) >= 11 is 13.6. The first-order chi connectivity index (χ1) is 14.3. The van der Waals surface area contributed by atoms with Crippen LogP contribution in [0.2, 0.25) is 10.0 Å². The number of anilines is 1. The number of fused-ring (bicyclic) bond motifs is 1. The highest BCUT2D eigenvalue weighted by atomic mass is 35.5. The second kappa shape index (κ2) is 8.17. The summed E-state index contributed by atoms with van der Waals surface area (Å²) in [5.41, 5.74) is 9.50. The smallest absolute Gasteiger partial charge is 0.346 e. The van der Waals surface area contributed by atoms with Gasteiger partial charge in [0.15, 0.2) is 5.17 Å². The van der Waals surface area contributed by atoms with E-state index in [0.29, 0.717) is 20.6 Å². The molecule has 0 amide bonds. The van der Waals surface area contributed by atoms with Gasteiger partial charge in [-0.25, -0.2) is 4.79 Å². The van der Waals surface area contributed by atoms with E-state index in [1.54, 1.807) is 6.07 Å². The number of amidine groups is 1. The van der Waals surface area contributed by atoms with Crippen molar-refractivity contribution in [2.45, 2.75) is 25.9 Å². The number of nitrogen functional groups attached to an aromatic ring is 1. The van der Waals surface area contributed by atoms with Crippen molar-refractivity contribution in [3.8, 4) is 0 Å². The van der Waals surface area contributed by atoms with Crippen molar-refractivity contribution in [3.05, 3.63) is 74.2 Å². The molecule has 156 valence electrons. The number of carbonyl (C=O) groups excluding carboxylic acids is 1. The van der Waals surface area contributed by atoms with Gasteiger partial charge in [-0.15, -0.1) is 0 Å². The Bertz CT molecular complexity index is 1070. The number of rotatable bonds is 4. The zero-order valence-electron chi connectivity index (χ0n) is 16.7. The van der Waals surface area contributed by atoms with Crippen molar-refractivity contribution < 1.29 is 9.53 Å². The number of methoxy groups -OCH3 is 1. The van der Waals surface area contributed by atoms with Crippen LogP contribution in [-0.2, 0) is 9.53 Å². The zero-order valence-corrected chi connectivity index (χ0v) is 19.1. The van der Waals surface area contributed by atoms with Crippen molar-refractivity contribution in [3.63, 3.8) is 0 Å². The number of hydrogen-bond acceptors (Lipinski definition) is 6. The van der Waals surface area contributed by atoms with Crippen LogP contribution in [0.25, 0.3) is 0 Å². The molecular weight excluding hydrogens is 441 g/mol. The van der Waals surface area contributed by atoms with Gasteiger partial charge in [-0.1, -0.05) is 55.2 Å². The summed E-state index contributed by atoms with van der Waals surface area (Å²) in [6, 6.07) is 13.0. The molecular formula is C22H21Cl2N3O2S. The summed E-state index contributed by atoms with van der Waals surface area (Å²) in [6.07, 6.45) is 0. The number of aliphatic imine (C=N–C) groups is 1. The highest BCUT2D eigenvalue weighted by Gasteiger charge is 2.47. The van der Waals surface area contributed by atoms with Crippen LogP contribution < -0.4 is 5.73 Å². The average Bonchev–Trinajstić information content (AvgIpc) is 3.26. The third-order valence-corrected chi connectivity index (χ3v) is 6.87. The Labute approximate surface area is 189 Å². The Morgan fingerprint density at radius 3 is 2.43 bits per heavy atom. The highest BCUT2D eigenvalue weighted by molar-refractivity contribution is 8.18. The van der Waals surface area contributed by atoms with Gasteiger partial charge in [-0.2, -0.15) is 0 Å². The number of esters is 1. The minimum atomic E-state index is -0.344. The largest absolute Gasteiger partial charge is 0.465 e. The first-order valence-corrected chi connectivity index (χ1v) is 11.1. The molecule has 0 fully saturated rings. The van der Waals surface area contributed by atoms with E-state index in [2.05, 4.69) is 18.7 Å². The molecule has 0 bridgehead atoms. The molecule has 2 aliphatic rings. The molecule has 2 N–H and O–H groups in total. The molecule has 2 heterocycles. The summed E-state index contributed by atoms with van der Waals surface area (Å²) in [7, 11) is 1.40. The number of hydrogen-bond donors (Lipinski definition) is 1. The highest BCUT2D eigenvalue weighted by Crippen LogP contribution is 2.53. The quantitative estimate of drug-likeness (QED) is 0.458. The molecule has 30 heavy (non-hydrogen) atoms. The van der Waals surface area contributed by atoms with Gasteiger partial charge in [-0.3, -0.25) is 4.99 Å². The normalized spacial score (nSPS) is 20.6. The van der Waals surface area contributed by atoms with Gasteiger partial charge in [0.2, 0.25) is 0 Å². The van der Waals surface area contributed by atoms with Gasteiger partial charge < -0.3 is 15.4 Å². The van der Waals surface area contributed by atoms with Crippen LogP contribution >= 0.6 is 35.0 Å². The van der Waals surface area contributed by atoms with Gasteiger partial charge in [0, 0.05) is 10.7 Å². The maximum atomic E-state index is 12.5. The molecule has 0 spiro atoms. The molecule has 4 rings (SSSR count). The molecule has 0 radical (unpaired) electrons. The van der Waals surface area contributed by atoms with Gasteiger partial charge in [0.1, 0.15) is 10.9 Å². The summed E-state index contributed by atoms with van der Waals surface area (Å²) in [5, 5.41) is 1.95. The molecule has 2 aromatic carbocycles. The Kier molecular flexibility index (Phi) is 5.75. The predicted octanol–water partition coefficient (Wildman–Crippen LogP) is 5.82. The Morgan fingerprint density at radius 1 is 1.17 bits per heavy atom. The van der Waals surface area contributed by atoms with Crippen LogP contribution in [0.1, 0.15) is 37.1 Å². The van der Waals surface area contributed by atoms with E-state index in [-0.39, 0.29) is 24.0 Å². The summed E-state index contributed by atoms with van der Waals surface area (Å²) in [4.78, 5) is 20.2. The molecule has 2 atom stereocenters. The van der Waals surface area contributed by atoms with Crippen LogP contribution in [0, 0.1) is 5.92 Å². The summed E-state index contributed by atoms with van der Waals surface area (Å²) in [6.45, 7) is 4.13. The SMILES string of the molecule is COC(=O)C1=C(C(C)C)N2C(=N[C@@H](c3ccc(Cl)c(N)c3)[C@H]2c2ccc(Cl)cc2)S1. The second-order valence-corrected chi connectivity index (χ2v) is 9.29. The average molecular weight is 462 g/mol. The number of thioether (sulfide) groups is 1. The van der Waals surface area contributed by atoms with Crippen LogP contribution in [0.4, 0.5) is 5.69 Å². The maximum absolute atomic E-state index is 12.5. The van der Waals surface area contributed by atoms with E-state index in [1.165, 1.54) is 18.9 Å². The van der Waals surface area contributed by atoms with Crippen LogP contribution in [0.15, 0.2) is 58.1 Å². The van der Waals surface area contributed by atoms with Crippen molar-refractivity contribution in [1.82, 2.24) is 4.90 Å². The van der Waals surface area contributed by atoms with Crippen molar-refractivity contribution in [2.75, 3.05) is 12.8 Å². The van der Waals surface area contributed by atoms with E-state index >= 15 is 0 Å². The number of benzene rings is 2. The third-order valence-electron chi connectivity index (χ3n) is 5.21. The van der Waals surface area contributed by atoms with Crippen LogP contribution in [0.3, 0.4) is 0 Å². The molecule has 0 saturated carbocycles. The molecule has 8 heteroatoms. The first-order valence-electron chi connectivity index (χ1n) is 9.49. The minimum absolute atomic E-state index is 0.100. The van der Waals surface area contributed by atoms with Gasteiger partial charge in [0.05, 0.1) is 23.9 Å². The lowest BCUT2D eigenvalue weighted by molar-refractivity contribution is -0.135. The number of halogens is 2. The fourth-order valence-electron chi connectivity index (χ4n) is 3.87. The number of nitrogens with zero attached hydrogens (tertiary/aromatic N) is 2. The lowest BCUT2D eigenvalue weighted by Gasteiger charge is -2.31.